The molecule has 2 saturated heterocycles. The molecule has 6 nitrogen and oxygen atoms in total. The van der Waals surface area contributed by atoms with Crippen LogP contribution in [0.15, 0.2) is 12.1 Å². The van der Waals surface area contributed by atoms with Crippen LogP contribution in [0.1, 0.15) is 33.8 Å². The smallest absolute Gasteiger partial charge is 0.264 e. The van der Waals surface area contributed by atoms with Crippen molar-refractivity contribution in [2.75, 3.05) is 53.5 Å². The van der Waals surface area contributed by atoms with Crippen LogP contribution < -0.4 is 0 Å². The van der Waals surface area contributed by atoms with Gasteiger partial charge in [-0.1, -0.05) is 0 Å². The first-order valence-electron chi connectivity index (χ1n) is 9.29. The number of carbonyl (C=O) groups excluding carboxylic acids is 2. The highest BCUT2D eigenvalue weighted by Crippen LogP contribution is 2.33. The van der Waals surface area contributed by atoms with Gasteiger partial charge in [0.05, 0.1) is 11.5 Å². The molecule has 26 heavy (non-hydrogen) atoms. The fourth-order valence-corrected chi connectivity index (χ4v) is 4.85. The standard InChI is InChI=1S/C19H29N3O3S/c1-15-4-5-16(26-15)18(24)22-11-10-20(2)19(14-22)7-6-17(23)21(9-8-19)12-13-25-3/h4-5H,6-14H2,1-3H3. The van der Waals surface area contributed by atoms with Crippen LogP contribution in [0, 0.1) is 6.92 Å². The third-order valence-electron chi connectivity index (χ3n) is 5.81. The lowest BCUT2D eigenvalue weighted by atomic mass is 9.86. The third-order valence-corrected chi connectivity index (χ3v) is 6.80. The SMILES string of the molecule is COCCN1CCC2(CCC1=O)CN(C(=O)c1ccc(C)s1)CCN2C. The first-order valence-corrected chi connectivity index (χ1v) is 10.1. The van der Waals surface area contributed by atoms with Crippen LogP contribution in [0.2, 0.25) is 0 Å². The minimum absolute atomic E-state index is 0.113. The number of thiophene rings is 1. The molecule has 3 rings (SSSR count). The van der Waals surface area contributed by atoms with Crippen LogP contribution in [0.3, 0.4) is 0 Å². The number of hydrogen-bond acceptors (Lipinski definition) is 5. The van der Waals surface area contributed by atoms with Crippen LogP contribution in [-0.4, -0.2) is 85.5 Å². The summed E-state index contributed by atoms with van der Waals surface area (Å²) in [5, 5.41) is 0. The Labute approximate surface area is 159 Å². The Morgan fingerprint density at radius 3 is 2.77 bits per heavy atom. The van der Waals surface area contributed by atoms with Gasteiger partial charge in [0, 0.05) is 56.7 Å². The highest BCUT2D eigenvalue weighted by Gasteiger charge is 2.43. The highest BCUT2D eigenvalue weighted by atomic mass is 32.1. The van der Waals surface area contributed by atoms with Gasteiger partial charge in [-0.25, -0.2) is 0 Å². The molecule has 0 saturated carbocycles. The number of piperazine rings is 1. The summed E-state index contributed by atoms with van der Waals surface area (Å²) in [5.41, 5.74) is -0.113. The molecule has 0 bridgehead atoms. The number of likely N-dealkylation sites (N-methyl/N-ethyl adjacent to an activating group) is 1. The predicted molar refractivity (Wildman–Crippen MR) is 103 cm³/mol. The Kier molecular flexibility index (Phi) is 5.99. The molecule has 1 atom stereocenters. The molecule has 0 N–H and O–H groups in total. The molecule has 1 unspecified atom stereocenters. The molecule has 0 radical (unpaired) electrons. The zero-order chi connectivity index (χ0) is 18.7. The molecule has 2 aliphatic heterocycles. The lowest BCUT2D eigenvalue weighted by molar-refractivity contribution is -0.131. The molecule has 2 amide bonds. The lowest BCUT2D eigenvalue weighted by Gasteiger charge is -2.49. The van der Waals surface area contributed by atoms with Crippen molar-refractivity contribution in [2.45, 2.75) is 31.7 Å². The van der Waals surface area contributed by atoms with Gasteiger partial charge in [-0.05, 0) is 38.9 Å². The van der Waals surface area contributed by atoms with Crippen LogP contribution in [0.5, 0.6) is 0 Å². The number of carbonyl (C=O) groups is 2. The Morgan fingerprint density at radius 1 is 1.27 bits per heavy atom. The van der Waals surface area contributed by atoms with E-state index in [1.165, 1.54) is 0 Å². The van der Waals surface area contributed by atoms with E-state index in [9.17, 15) is 9.59 Å². The second kappa shape index (κ2) is 8.06. The maximum absolute atomic E-state index is 12.9. The number of amides is 2. The van der Waals surface area contributed by atoms with Crippen molar-refractivity contribution in [3.05, 3.63) is 21.9 Å². The lowest BCUT2D eigenvalue weighted by Crippen LogP contribution is -2.62. The number of aryl methyl sites for hydroxylation is 1. The van der Waals surface area contributed by atoms with Gasteiger partial charge in [-0.15, -0.1) is 11.3 Å². The number of likely N-dealkylation sites (tertiary alicyclic amines) is 1. The molecule has 144 valence electrons. The van der Waals surface area contributed by atoms with E-state index >= 15 is 0 Å². The zero-order valence-electron chi connectivity index (χ0n) is 16.0. The van der Waals surface area contributed by atoms with Crippen LogP contribution in [-0.2, 0) is 9.53 Å². The number of hydrogen-bond donors (Lipinski definition) is 0. The van der Waals surface area contributed by atoms with E-state index in [2.05, 4.69) is 11.9 Å². The summed E-state index contributed by atoms with van der Waals surface area (Å²) in [6.07, 6.45) is 2.24. The van der Waals surface area contributed by atoms with E-state index < -0.39 is 0 Å². The second-order valence-corrected chi connectivity index (χ2v) is 8.69. The molecule has 0 aliphatic carbocycles. The molecule has 1 aromatic heterocycles. The summed E-state index contributed by atoms with van der Waals surface area (Å²) in [7, 11) is 3.79. The van der Waals surface area contributed by atoms with Gasteiger partial charge < -0.3 is 14.5 Å². The van der Waals surface area contributed by atoms with Gasteiger partial charge in [-0.2, -0.15) is 0 Å². The van der Waals surface area contributed by atoms with E-state index in [1.807, 2.05) is 28.9 Å². The first kappa shape index (κ1) is 19.3. The van der Waals surface area contributed by atoms with Crippen LogP contribution in [0.4, 0.5) is 0 Å². The number of methoxy groups -OCH3 is 1. The number of rotatable bonds is 4. The minimum atomic E-state index is -0.113. The van der Waals surface area contributed by atoms with E-state index in [0.29, 0.717) is 26.1 Å². The summed E-state index contributed by atoms with van der Waals surface area (Å²) < 4.78 is 5.14. The van der Waals surface area contributed by atoms with Crippen molar-refractivity contribution in [1.82, 2.24) is 14.7 Å². The fraction of sp³-hybridized carbons (Fsp3) is 0.684. The summed E-state index contributed by atoms with van der Waals surface area (Å²) in [5.74, 6) is 0.326. The molecule has 2 fully saturated rings. The summed E-state index contributed by atoms with van der Waals surface area (Å²) in [6, 6.07) is 3.93. The van der Waals surface area contributed by atoms with Crippen molar-refractivity contribution in [2.24, 2.45) is 0 Å². The maximum atomic E-state index is 12.9. The van der Waals surface area contributed by atoms with Crippen molar-refractivity contribution >= 4 is 23.2 Å². The summed E-state index contributed by atoms with van der Waals surface area (Å²) in [4.78, 5) is 33.6. The summed E-state index contributed by atoms with van der Waals surface area (Å²) >= 11 is 1.56. The van der Waals surface area contributed by atoms with Gasteiger partial charge in [0.15, 0.2) is 0 Å². The molecule has 3 heterocycles. The topological polar surface area (TPSA) is 53.1 Å². The molecule has 7 heteroatoms. The Morgan fingerprint density at radius 2 is 2.08 bits per heavy atom. The van der Waals surface area contributed by atoms with E-state index in [0.717, 1.165) is 42.2 Å². The van der Waals surface area contributed by atoms with Crippen molar-refractivity contribution in [3.8, 4) is 0 Å². The Bertz CT molecular complexity index is 662. The van der Waals surface area contributed by atoms with E-state index in [1.54, 1.807) is 18.4 Å². The third kappa shape index (κ3) is 3.94. The van der Waals surface area contributed by atoms with Crippen LogP contribution >= 0.6 is 11.3 Å². The van der Waals surface area contributed by atoms with Crippen molar-refractivity contribution < 1.29 is 14.3 Å². The number of ether oxygens (including phenoxy) is 1. The van der Waals surface area contributed by atoms with Gasteiger partial charge in [0.1, 0.15) is 0 Å². The first-order chi connectivity index (χ1) is 12.4. The second-order valence-electron chi connectivity index (χ2n) is 7.41. The van der Waals surface area contributed by atoms with Crippen molar-refractivity contribution in [3.63, 3.8) is 0 Å². The molecular formula is C19H29N3O3S. The molecular weight excluding hydrogens is 350 g/mol. The Hall–Kier alpha value is -1.44. The summed E-state index contributed by atoms with van der Waals surface area (Å²) in [6.45, 7) is 6.26. The highest BCUT2D eigenvalue weighted by molar-refractivity contribution is 7.13. The van der Waals surface area contributed by atoms with E-state index in [-0.39, 0.29) is 17.4 Å². The monoisotopic (exact) mass is 379 g/mol. The average Bonchev–Trinajstić information content (AvgIpc) is 3.00. The number of nitrogens with zero attached hydrogens (tertiary/aromatic N) is 3. The fourth-order valence-electron chi connectivity index (χ4n) is 4.01. The largest absolute Gasteiger partial charge is 0.383 e. The molecule has 2 aliphatic rings. The van der Waals surface area contributed by atoms with Crippen molar-refractivity contribution in [1.29, 1.82) is 0 Å². The van der Waals surface area contributed by atoms with Gasteiger partial charge >= 0.3 is 0 Å². The quantitative estimate of drug-likeness (QED) is 0.801. The van der Waals surface area contributed by atoms with E-state index in [4.69, 9.17) is 4.74 Å². The molecule has 1 aromatic rings. The van der Waals surface area contributed by atoms with Gasteiger partial charge in [0.2, 0.25) is 5.91 Å². The minimum Gasteiger partial charge on any atom is -0.383 e. The van der Waals surface area contributed by atoms with Crippen LogP contribution in [0.25, 0.3) is 0 Å². The zero-order valence-corrected chi connectivity index (χ0v) is 16.8. The normalized spacial score (nSPS) is 25.0. The molecule has 1 spiro atoms. The molecule has 0 aromatic carbocycles. The van der Waals surface area contributed by atoms with Gasteiger partial charge in [-0.3, -0.25) is 14.5 Å². The average molecular weight is 380 g/mol. The maximum Gasteiger partial charge on any atom is 0.264 e. The predicted octanol–water partition coefficient (Wildman–Crippen LogP) is 1.84. The van der Waals surface area contributed by atoms with Gasteiger partial charge in [0.25, 0.3) is 5.91 Å². The Balaban J connectivity index is 1.73.